The van der Waals surface area contributed by atoms with Crippen LogP contribution in [0.5, 0.6) is 11.5 Å². The molecule has 0 spiro atoms. The van der Waals surface area contributed by atoms with Crippen molar-refractivity contribution in [3.8, 4) is 11.5 Å². The number of aliphatic hydroxyl groups excluding tert-OH is 1. The zero-order chi connectivity index (χ0) is 14.8. The van der Waals surface area contributed by atoms with Crippen LogP contribution in [0.3, 0.4) is 0 Å². The Morgan fingerprint density at radius 2 is 1.86 bits per heavy atom. The first-order valence-corrected chi connectivity index (χ1v) is 6.42. The number of hydrogen-bond donors (Lipinski definition) is 1. The van der Waals surface area contributed by atoms with Gasteiger partial charge in [-0.15, -0.1) is 0 Å². The van der Waals surface area contributed by atoms with Crippen LogP contribution in [0.4, 0.5) is 0 Å². The van der Waals surface area contributed by atoms with Crippen molar-refractivity contribution < 1.29 is 14.6 Å². The summed E-state index contributed by atoms with van der Waals surface area (Å²) in [7, 11) is 3.12. The zero-order valence-electron chi connectivity index (χ0n) is 11.7. The smallest absolute Gasteiger partial charge is 0.128 e. The zero-order valence-corrected chi connectivity index (χ0v) is 11.7. The molecule has 21 heavy (non-hydrogen) atoms. The fraction of sp³-hybridized carbons (Fsp3) is 0.200. The van der Waals surface area contributed by atoms with Crippen molar-refractivity contribution in [3.63, 3.8) is 0 Å². The van der Waals surface area contributed by atoms with E-state index >= 15 is 0 Å². The third-order valence-corrected chi connectivity index (χ3v) is 3.39. The normalized spacial score (nSPS) is 12.3. The van der Waals surface area contributed by atoms with Crippen molar-refractivity contribution in [2.24, 2.45) is 0 Å². The second kappa shape index (κ2) is 5.41. The van der Waals surface area contributed by atoms with Gasteiger partial charge in [-0.05, 0) is 12.1 Å². The lowest BCUT2D eigenvalue weighted by Gasteiger charge is -2.17. The Balaban J connectivity index is 2.16. The molecule has 0 aliphatic heterocycles. The number of aliphatic hydroxyl groups is 1. The largest absolute Gasteiger partial charge is 0.496 e. The second-order valence-electron chi connectivity index (χ2n) is 4.48. The van der Waals surface area contributed by atoms with E-state index in [0.29, 0.717) is 22.6 Å². The quantitative estimate of drug-likeness (QED) is 0.792. The molecule has 0 saturated carbocycles. The lowest BCUT2D eigenvalue weighted by molar-refractivity contribution is 0.210. The number of ether oxygens (including phenoxy) is 2. The number of hydrogen-bond acceptors (Lipinski definition) is 5. The van der Waals surface area contributed by atoms with Crippen molar-refractivity contribution in [2.45, 2.75) is 6.10 Å². The van der Waals surface area contributed by atoms with Gasteiger partial charge in [-0.2, -0.15) is 5.10 Å². The van der Waals surface area contributed by atoms with E-state index in [-0.39, 0.29) is 0 Å². The highest BCUT2D eigenvalue weighted by Gasteiger charge is 2.23. The van der Waals surface area contributed by atoms with E-state index in [1.54, 1.807) is 55.7 Å². The highest BCUT2D eigenvalue weighted by molar-refractivity contribution is 5.58. The van der Waals surface area contributed by atoms with E-state index in [1.165, 1.54) is 0 Å². The third-order valence-electron chi connectivity index (χ3n) is 3.39. The van der Waals surface area contributed by atoms with E-state index in [0.717, 1.165) is 5.52 Å². The number of fused-ring (bicyclic) bond motifs is 1. The van der Waals surface area contributed by atoms with Gasteiger partial charge in [0.1, 0.15) is 17.6 Å². The van der Waals surface area contributed by atoms with Crippen LogP contribution in [0.1, 0.15) is 17.2 Å². The van der Waals surface area contributed by atoms with Gasteiger partial charge >= 0.3 is 0 Å². The average molecular weight is 285 g/mol. The van der Waals surface area contributed by atoms with Crippen molar-refractivity contribution in [2.75, 3.05) is 14.2 Å². The molecule has 1 atom stereocenters. The number of aromatic nitrogens is 3. The van der Waals surface area contributed by atoms with Crippen LogP contribution in [0.15, 0.2) is 43.0 Å². The summed E-state index contributed by atoms with van der Waals surface area (Å²) in [6, 6.07) is 5.38. The molecule has 0 aliphatic carbocycles. The predicted octanol–water partition coefficient (Wildman–Crippen LogP) is 1.83. The van der Waals surface area contributed by atoms with Gasteiger partial charge in [-0.25, -0.2) is 4.52 Å². The molecular formula is C15H15N3O3. The Hall–Kier alpha value is -2.60. The lowest BCUT2D eigenvalue weighted by atomic mass is 10.0. The molecule has 3 aromatic rings. The maximum atomic E-state index is 10.8. The number of benzene rings is 1. The molecule has 6 nitrogen and oxygen atoms in total. The van der Waals surface area contributed by atoms with Crippen molar-refractivity contribution >= 4 is 5.52 Å². The number of methoxy groups -OCH3 is 2. The summed E-state index contributed by atoms with van der Waals surface area (Å²) in [5.74, 6) is 1.12. The van der Waals surface area contributed by atoms with E-state index in [1.807, 2.05) is 6.07 Å². The summed E-state index contributed by atoms with van der Waals surface area (Å²) >= 11 is 0. The van der Waals surface area contributed by atoms with Crippen molar-refractivity contribution in [1.29, 1.82) is 0 Å². The molecule has 6 heteroatoms. The fourth-order valence-corrected chi connectivity index (χ4v) is 2.37. The van der Waals surface area contributed by atoms with Crippen LogP contribution >= 0.6 is 0 Å². The summed E-state index contributed by atoms with van der Waals surface area (Å²) in [5.41, 5.74) is 1.95. The fourth-order valence-electron chi connectivity index (χ4n) is 2.37. The number of rotatable bonds is 4. The molecule has 0 bridgehead atoms. The van der Waals surface area contributed by atoms with Gasteiger partial charge in [0.15, 0.2) is 0 Å². The Labute approximate surface area is 121 Å². The molecule has 1 unspecified atom stereocenters. The summed E-state index contributed by atoms with van der Waals surface area (Å²) < 4.78 is 12.3. The number of nitrogens with zero attached hydrogens (tertiary/aromatic N) is 3. The van der Waals surface area contributed by atoms with Crippen LogP contribution < -0.4 is 9.47 Å². The minimum atomic E-state index is -0.919. The first-order chi connectivity index (χ1) is 10.3. The first-order valence-electron chi connectivity index (χ1n) is 6.42. The van der Waals surface area contributed by atoms with Crippen LogP contribution in [0, 0.1) is 0 Å². The standard InChI is InChI=1S/C15H15N3O3/c1-20-12-4-3-5-13(21-2)14(12)15(19)10-8-17-18-7-6-16-9-11(10)18/h3-9,15,19H,1-2H3. The first kappa shape index (κ1) is 13.4. The Morgan fingerprint density at radius 3 is 2.52 bits per heavy atom. The van der Waals surface area contributed by atoms with Crippen LogP contribution in [0.25, 0.3) is 5.52 Å². The summed E-state index contributed by atoms with van der Waals surface area (Å²) in [5, 5.41) is 15.0. The van der Waals surface area contributed by atoms with Gasteiger partial charge in [0, 0.05) is 18.0 Å². The highest BCUT2D eigenvalue weighted by atomic mass is 16.5. The molecule has 1 N–H and O–H groups in total. The minimum Gasteiger partial charge on any atom is -0.496 e. The Kier molecular flexibility index (Phi) is 3.45. The SMILES string of the molecule is COc1cccc(OC)c1C(O)c1cnn2ccncc12. The molecule has 0 saturated heterocycles. The molecule has 2 aromatic heterocycles. The monoisotopic (exact) mass is 285 g/mol. The third kappa shape index (κ3) is 2.19. The van der Waals surface area contributed by atoms with Crippen molar-refractivity contribution in [3.05, 3.63) is 54.1 Å². The predicted molar refractivity (Wildman–Crippen MR) is 76.6 cm³/mol. The van der Waals surface area contributed by atoms with E-state index < -0.39 is 6.10 Å². The highest BCUT2D eigenvalue weighted by Crippen LogP contribution is 2.38. The average Bonchev–Trinajstić information content (AvgIpc) is 2.97. The van der Waals surface area contributed by atoms with Crippen molar-refractivity contribution in [1.82, 2.24) is 14.6 Å². The molecule has 0 fully saturated rings. The van der Waals surface area contributed by atoms with Gasteiger partial charge < -0.3 is 14.6 Å². The van der Waals surface area contributed by atoms with E-state index in [9.17, 15) is 5.11 Å². The van der Waals surface area contributed by atoms with Gasteiger partial charge in [0.25, 0.3) is 0 Å². The summed E-state index contributed by atoms with van der Waals surface area (Å²) in [4.78, 5) is 4.07. The minimum absolute atomic E-state index is 0.560. The van der Waals surface area contributed by atoms with E-state index in [2.05, 4.69) is 10.1 Å². The van der Waals surface area contributed by atoms with E-state index in [4.69, 9.17) is 9.47 Å². The van der Waals surface area contributed by atoms with Gasteiger partial charge in [0.2, 0.25) is 0 Å². The Bertz CT molecular complexity index is 747. The van der Waals surface area contributed by atoms with Crippen LogP contribution in [-0.4, -0.2) is 33.9 Å². The van der Waals surface area contributed by atoms with Gasteiger partial charge in [-0.1, -0.05) is 6.07 Å². The maximum Gasteiger partial charge on any atom is 0.128 e. The van der Waals surface area contributed by atoms with Crippen LogP contribution in [0.2, 0.25) is 0 Å². The lowest BCUT2D eigenvalue weighted by Crippen LogP contribution is -2.05. The second-order valence-corrected chi connectivity index (χ2v) is 4.48. The van der Waals surface area contributed by atoms with Gasteiger partial charge in [-0.3, -0.25) is 4.98 Å². The molecule has 0 amide bonds. The maximum absolute atomic E-state index is 10.8. The summed E-state index contributed by atoms with van der Waals surface area (Å²) in [6.07, 6.45) is 5.73. The molecule has 1 aromatic carbocycles. The summed E-state index contributed by atoms with van der Waals surface area (Å²) in [6.45, 7) is 0. The van der Waals surface area contributed by atoms with Gasteiger partial charge in [0.05, 0.1) is 37.7 Å². The molecule has 0 aliphatic rings. The Morgan fingerprint density at radius 1 is 1.14 bits per heavy atom. The molecule has 3 rings (SSSR count). The van der Waals surface area contributed by atoms with Crippen LogP contribution in [-0.2, 0) is 0 Å². The molecular weight excluding hydrogens is 270 g/mol. The molecule has 108 valence electrons. The molecule has 0 radical (unpaired) electrons. The molecule has 2 heterocycles. The topological polar surface area (TPSA) is 68.9 Å².